The Morgan fingerprint density at radius 2 is 1.62 bits per heavy atom. The molecule has 2 aromatic rings. The van der Waals surface area contributed by atoms with Crippen LogP contribution in [-0.2, 0) is 4.79 Å². The molecule has 0 aromatic heterocycles. The molecule has 1 amide bonds. The smallest absolute Gasteiger partial charge is 0.226 e. The van der Waals surface area contributed by atoms with E-state index in [1.54, 1.807) is 0 Å². The standard InChI is InChI=1S/C22H25NO/c1-15(2)21(24)23-19-13-9-8-12-17(19)18-14-22(3,4)20(18)16-10-6-5-7-11-16/h5-13,15H,14H2,1-4H3,(H,23,24). The Morgan fingerprint density at radius 3 is 2.25 bits per heavy atom. The van der Waals surface area contributed by atoms with Crippen LogP contribution in [0.2, 0.25) is 0 Å². The molecule has 0 saturated carbocycles. The zero-order valence-corrected chi connectivity index (χ0v) is 14.9. The van der Waals surface area contributed by atoms with E-state index in [2.05, 4.69) is 49.5 Å². The van der Waals surface area contributed by atoms with Gasteiger partial charge in [-0.15, -0.1) is 0 Å². The lowest BCUT2D eigenvalue weighted by atomic mass is 9.62. The second-order valence-electron chi connectivity index (χ2n) is 7.47. The van der Waals surface area contributed by atoms with E-state index in [1.165, 1.54) is 16.7 Å². The fourth-order valence-corrected chi connectivity index (χ4v) is 3.45. The zero-order valence-electron chi connectivity index (χ0n) is 14.9. The molecule has 2 aromatic carbocycles. The lowest BCUT2D eigenvalue weighted by Gasteiger charge is -2.42. The summed E-state index contributed by atoms with van der Waals surface area (Å²) in [5.41, 5.74) is 6.21. The molecule has 24 heavy (non-hydrogen) atoms. The first kappa shape index (κ1) is 16.5. The molecular formula is C22H25NO. The third-order valence-electron chi connectivity index (χ3n) is 4.69. The first-order valence-corrected chi connectivity index (χ1v) is 8.59. The lowest BCUT2D eigenvalue weighted by molar-refractivity contribution is -0.118. The monoisotopic (exact) mass is 319 g/mol. The number of nitrogens with one attached hydrogen (secondary N) is 1. The van der Waals surface area contributed by atoms with Crippen LogP contribution < -0.4 is 5.32 Å². The van der Waals surface area contributed by atoms with Crippen LogP contribution in [0.5, 0.6) is 0 Å². The van der Waals surface area contributed by atoms with Crippen molar-refractivity contribution in [2.45, 2.75) is 34.1 Å². The van der Waals surface area contributed by atoms with E-state index in [-0.39, 0.29) is 17.2 Å². The molecule has 0 radical (unpaired) electrons. The minimum atomic E-state index is -0.0292. The second-order valence-corrected chi connectivity index (χ2v) is 7.47. The number of amides is 1. The number of carbonyl (C=O) groups is 1. The molecule has 2 nitrogen and oxygen atoms in total. The van der Waals surface area contributed by atoms with E-state index in [4.69, 9.17) is 0 Å². The minimum absolute atomic E-state index is 0.0292. The van der Waals surface area contributed by atoms with E-state index in [9.17, 15) is 4.79 Å². The number of para-hydroxylation sites is 1. The van der Waals surface area contributed by atoms with Crippen molar-refractivity contribution in [3.05, 3.63) is 65.7 Å². The molecule has 1 aliphatic rings. The Bertz CT molecular complexity index is 785. The lowest BCUT2D eigenvalue weighted by Crippen LogP contribution is -2.26. The molecule has 3 rings (SSSR count). The molecule has 0 bridgehead atoms. The maximum Gasteiger partial charge on any atom is 0.226 e. The van der Waals surface area contributed by atoms with Crippen LogP contribution >= 0.6 is 0 Å². The molecule has 1 aliphatic carbocycles. The largest absolute Gasteiger partial charge is 0.325 e. The van der Waals surface area contributed by atoms with Gasteiger partial charge in [0.05, 0.1) is 0 Å². The molecular weight excluding hydrogens is 294 g/mol. The summed E-state index contributed by atoms with van der Waals surface area (Å²) in [5.74, 6) is 0.0290. The average molecular weight is 319 g/mol. The highest BCUT2D eigenvalue weighted by Crippen LogP contribution is 2.56. The van der Waals surface area contributed by atoms with E-state index < -0.39 is 0 Å². The topological polar surface area (TPSA) is 29.1 Å². The highest BCUT2D eigenvalue weighted by atomic mass is 16.1. The van der Waals surface area contributed by atoms with Crippen LogP contribution in [0.3, 0.4) is 0 Å². The summed E-state index contributed by atoms with van der Waals surface area (Å²) in [6.45, 7) is 8.40. The predicted octanol–water partition coefficient (Wildman–Crippen LogP) is 5.62. The van der Waals surface area contributed by atoms with Crippen molar-refractivity contribution in [2.24, 2.45) is 11.3 Å². The SMILES string of the molecule is CC(C)C(=O)Nc1ccccc1C1=C(c2ccccc2)C(C)(C)C1. The first-order chi connectivity index (χ1) is 11.4. The normalized spacial score (nSPS) is 16.0. The van der Waals surface area contributed by atoms with Crippen molar-refractivity contribution in [3.8, 4) is 0 Å². The maximum absolute atomic E-state index is 12.1. The summed E-state index contributed by atoms with van der Waals surface area (Å²) >= 11 is 0. The number of rotatable bonds is 4. The van der Waals surface area contributed by atoms with E-state index >= 15 is 0 Å². The van der Waals surface area contributed by atoms with Crippen LogP contribution in [0.1, 0.15) is 45.2 Å². The number of allylic oxidation sites excluding steroid dienone is 2. The van der Waals surface area contributed by atoms with Crippen LogP contribution in [0, 0.1) is 11.3 Å². The van der Waals surface area contributed by atoms with Gasteiger partial charge in [0, 0.05) is 17.2 Å². The van der Waals surface area contributed by atoms with Crippen molar-refractivity contribution in [1.29, 1.82) is 0 Å². The van der Waals surface area contributed by atoms with Gasteiger partial charge in [0.1, 0.15) is 0 Å². The molecule has 0 fully saturated rings. The fourth-order valence-electron chi connectivity index (χ4n) is 3.45. The Hall–Kier alpha value is -2.35. The predicted molar refractivity (Wildman–Crippen MR) is 102 cm³/mol. The van der Waals surface area contributed by atoms with Crippen LogP contribution in [0.4, 0.5) is 5.69 Å². The Labute approximate surface area is 144 Å². The number of hydrogen-bond acceptors (Lipinski definition) is 1. The van der Waals surface area contributed by atoms with Gasteiger partial charge in [-0.3, -0.25) is 4.79 Å². The fraction of sp³-hybridized carbons (Fsp3) is 0.318. The summed E-state index contributed by atoms with van der Waals surface area (Å²) in [7, 11) is 0. The van der Waals surface area contributed by atoms with E-state index in [0.29, 0.717) is 0 Å². The minimum Gasteiger partial charge on any atom is -0.325 e. The van der Waals surface area contributed by atoms with Crippen molar-refractivity contribution >= 4 is 22.7 Å². The van der Waals surface area contributed by atoms with Crippen molar-refractivity contribution in [2.75, 3.05) is 5.32 Å². The number of benzene rings is 2. The molecule has 2 heteroatoms. The molecule has 0 aliphatic heterocycles. The van der Waals surface area contributed by atoms with Gasteiger partial charge in [0.15, 0.2) is 0 Å². The Morgan fingerprint density at radius 1 is 1.00 bits per heavy atom. The summed E-state index contributed by atoms with van der Waals surface area (Å²) in [5, 5.41) is 3.09. The number of hydrogen-bond donors (Lipinski definition) is 1. The van der Waals surface area contributed by atoms with Crippen LogP contribution in [0.15, 0.2) is 54.6 Å². The second kappa shape index (κ2) is 6.27. The quantitative estimate of drug-likeness (QED) is 0.778. The first-order valence-electron chi connectivity index (χ1n) is 8.59. The Balaban J connectivity index is 2.07. The van der Waals surface area contributed by atoms with Gasteiger partial charge in [0.2, 0.25) is 5.91 Å². The summed E-state index contributed by atoms with van der Waals surface area (Å²) < 4.78 is 0. The van der Waals surface area contributed by atoms with Gasteiger partial charge in [-0.2, -0.15) is 0 Å². The third-order valence-corrected chi connectivity index (χ3v) is 4.69. The maximum atomic E-state index is 12.1. The molecule has 1 N–H and O–H groups in total. The van der Waals surface area contributed by atoms with Crippen LogP contribution in [0.25, 0.3) is 11.1 Å². The summed E-state index contributed by atoms with van der Waals surface area (Å²) in [4.78, 5) is 12.1. The van der Waals surface area contributed by atoms with Gasteiger partial charge in [-0.1, -0.05) is 76.2 Å². The summed E-state index contributed by atoms with van der Waals surface area (Å²) in [6, 6.07) is 18.7. The van der Waals surface area contributed by atoms with Gasteiger partial charge in [0.25, 0.3) is 0 Å². The molecule has 0 spiro atoms. The molecule has 0 atom stereocenters. The van der Waals surface area contributed by atoms with Gasteiger partial charge < -0.3 is 5.32 Å². The zero-order chi connectivity index (χ0) is 17.3. The van der Waals surface area contributed by atoms with Crippen LogP contribution in [-0.4, -0.2) is 5.91 Å². The molecule has 0 unspecified atom stereocenters. The molecule has 0 saturated heterocycles. The van der Waals surface area contributed by atoms with E-state index in [0.717, 1.165) is 17.7 Å². The van der Waals surface area contributed by atoms with E-state index in [1.807, 2.05) is 38.1 Å². The molecule has 124 valence electrons. The van der Waals surface area contributed by atoms with Gasteiger partial charge in [-0.05, 0) is 34.6 Å². The van der Waals surface area contributed by atoms with Crippen molar-refractivity contribution in [1.82, 2.24) is 0 Å². The van der Waals surface area contributed by atoms with Crippen molar-refractivity contribution in [3.63, 3.8) is 0 Å². The molecule has 0 heterocycles. The third kappa shape index (κ3) is 3.01. The highest BCUT2D eigenvalue weighted by molar-refractivity contribution is 6.04. The Kier molecular flexibility index (Phi) is 4.31. The van der Waals surface area contributed by atoms with Gasteiger partial charge >= 0.3 is 0 Å². The summed E-state index contributed by atoms with van der Waals surface area (Å²) in [6.07, 6.45) is 1.02. The number of anilines is 1. The van der Waals surface area contributed by atoms with Gasteiger partial charge in [-0.25, -0.2) is 0 Å². The highest BCUT2D eigenvalue weighted by Gasteiger charge is 2.38. The average Bonchev–Trinajstić information content (AvgIpc) is 2.54. The number of carbonyl (C=O) groups excluding carboxylic acids is 1. The van der Waals surface area contributed by atoms with Crippen molar-refractivity contribution < 1.29 is 4.79 Å².